The number of nitrogens with zero attached hydrogens (tertiary/aromatic N) is 4. The van der Waals surface area contributed by atoms with Crippen LogP contribution in [0.4, 0.5) is 0 Å². The minimum Gasteiger partial charge on any atom is -0.493 e. The van der Waals surface area contributed by atoms with Gasteiger partial charge in [-0.3, -0.25) is 19.3 Å². The van der Waals surface area contributed by atoms with E-state index in [1.165, 1.54) is 0 Å². The van der Waals surface area contributed by atoms with Crippen LogP contribution in [-0.4, -0.2) is 122 Å². The largest absolute Gasteiger partial charge is 0.493 e. The van der Waals surface area contributed by atoms with Crippen molar-refractivity contribution in [2.24, 2.45) is 5.92 Å². The maximum absolute atomic E-state index is 14.0. The van der Waals surface area contributed by atoms with Crippen molar-refractivity contribution in [1.82, 2.24) is 14.7 Å². The first-order chi connectivity index (χ1) is 22.0. The minimum atomic E-state index is -0.927. The van der Waals surface area contributed by atoms with E-state index in [1.807, 2.05) is 46.2 Å². The van der Waals surface area contributed by atoms with Crippen molar-refractivity contribution in [3.63, 3.8) is 0 Å². The number of unbranched alkanes of at least 4 members (excludes halogenated alkanes) is 1. The van der Waals surface area contributed by atoms with Crippen molar-refractivity contribution < 1.29 is 38.2 Å². The maximum Gasteiger partial charge on any atom is 0.308 e. The first-order valence-electron chi connectivity index (χ1n) is 16.4. The molecule has 0 spiro atoms. The predicted molar refractivity (Wildman–Crippen MR) is 173 cm³/mol. The number of amides is 2. The number of aliphatic carboxylic acids is 1. The summed E-state index contributed by atoms with van der Waals surface area (Å²) < 4.78 is 17.7. The topological polar surface area (TPSA) is 109 Å². The smallest absolute Gasteiger partial charge is 0.308 e. The summed E-state index contributed by atoms with van der Waals surface area (Å²) in [4.78, 5) is 46.0. The van der Waals surface area contributed by atoms with Gasteiger partial charge in [0.05, 0.1) is 47.3 Å². The molecule has 0 bridgehead atoms. The fraction of sp³-hybridized carbons (Fsp3) is 0.571. The molecule has 0 aliphatic carbocycles. The second-order valence-electron chi connectivity index (χ2n) is 13.7. The second-order valence-corrected chi connectivity index (χ2v) is 13.7. The number of rotatable bonds is 15. The highest BCUT2D eigenvalue weighted by atomic mass is 16.7. The molecule has 0 aromatic heterocycles. The van der Waals surface area contributed by atoms with Gasteiger partial charge in [-0.05, 0) is 42.2 Å². The van der Waals surface area contributed by atoms with E-state index in [0.29, 0.717) is 62.0 Å². The van der Waals surface area contributed by atoms with E-state index in [0.717, 1.165) is 41.4 Å². The van der Waals surface area contributed by atoms with Crippen LogP contribution in [-0.2, 0) is 16.1 Å². The van der Waals surface area contributed by atoms with Gasteiger partial charge in [0.25, 0.3) is 5.91 Å². The Balaban J connectivity index is 1.41. The average Bonchev–Trinajstić information content (AvgIpc) is 3.72. The van der Waals surface area contributed by atoms with Crippen LogP contribution < -0.4 is 14.2 Å². The molecule has 5 rings (SSSR count). The van der Waals surface area contributed by atoms with Crippen LogP contribution in [0.3, 0.4) is 0 Å². The van der Waals surface area contributed by atoms with Gasteiger partial charge in [0.2, 0.25) is 18.4 Å². The zero-order valence-corrected chi connectivity index (χ0v) is 27.9. The fourth-order valence-corrected chi connectivity index (χ4v) is 7.06. The first-order valence-corrected chi connectivity index (χ1v) is 16.4. The predicted octanol–water partition coefficient (Wildman–Crippen LogP) is 3.66. The van der Waals surface area contributed by atoms with E-state index in [2.05, 4.69) is 28.1 Å². The van der Waals surface area contributed by atoms with Crippen molar-refractivity contribution in [2.45, 2.75) is 51.1 Å². The molecule has 2 amide bonds. The Kier molecular flexibility index (Phi) is 10.4. The van der Waals surface area contributed by atoms with Gasteiger partial charge in [-0.2, -0.15) is 0 Å². The molecule has 11 nitrogen and oxygen atoms in total. The molecule has 3 aliphatic rings. The van der Waals surface area contributed by atoms with Crippen LogP contribution in [0.5, 0.6) is 17.2 Å². The second kappa shape index (κ2) is 14.3. The van der Waals surface area contributed by atoms with Crippen LogP contribution >= 0.6 is 0 Å². The number of fused-ring (bicyclic) bond motifs is 2. The summed E-state index contributed by atoms with van der Waals surface area (Å²) in [7, 11) is 7.99. The Labute approximate surface area is 272 Å². The standard InChI is InChI=1S/C35H48N4O7/c1-6-7-14-36(15-10-17-39(2,3)4)31(40)22-38-21-27(25-18-29(44-5)33-30(19-25)45-23-46-33)32(35(42)43)28(38)13-16-37-20-24-11-8-9-12-26(24)34(37)41/h8-9,11-12,18-19,27-28,32H,6-7,10,13-17,20-23H2,1-5H3/p+1. The molecule has 2 aromatic carbocycles. The van der Waals surface area contributed by atoms with E-state index in [9.17, 15) is 19.5 Å². The number of hydrogen-bond donors (Lipinski definition) is 1. The Bertz CT molecular complexity index is 1420. The zero-order valence-electron chi connectivity index (χ0n) is 27.9. The Morgan fingerprint density at radius 1 is 1.11 bits per heavy atom. The number of carboxylic acids is 1. The number of likely N-dealkylation sites (tertiary alicyclic amines) is 1. The third-order valence-corrected chi connectivity index (χ3v) is 9.46. The van der Waals surface area contributed by atoms with E-state index in [4.69, 9.17) is 14.2 Å². The third kappa shape index (κ3) is 7.41. The van der Waals surface area contributed by atoms with E-state index < -0.39 is 23.8 Å². The summed E-state index contributed by atoms with van der Waals surface area (Å²) in [6, 6.07) is 10.8. The summed E-state index contributed by atoms with van der Waals surface area (Å²) in [6.45, 7) is 5.87. The van der Waals surface area contributed by atoms with E-state index in [1.54, 1.807) is 12.0 Å². The van der Waals surface area contributed by atoms with Crippen molar-refractivity contribution in [2.75, 3.05) is 74.3 Å². The van der Waals surface area contributed by atoms with E-state index in [-0.39, 0.29) is 25.2 Å². The lowest BCUT2D eigenvalue weighted by Gasteiger charge is -2.31. The molecule has 3 unspecified atom stereocenters. The fourth-order valence-electron chi connectivity index (χ4n) is 7.06. The van der Waals surface area contributed by atoms with Gasteiger partial charge < -0.3 is 33.6 Å². The molecule has 2 aromatic rings. The number of ether oxygens (including phenoxy) is 3. The third-order valence-electron chi connectivity index (χ3n) is 9.46. The van der Waals surface area contributed by atoms with Gasteiger partial charge in [-0.15, -0.1) is 0 Å². The number of carbonyl (C=O) groups is 3. The van der Waals surface area contributed by atoms with Crippen LogP contribution in [0.25, 0.3) is 0 Å². The molecule has 3 heterocycles. The molecule has 250 valence electrons. The Morgan fingerprint density at radius 2 is 1.87 bits per heavy atom. The molecule has 1 fully saturated rings. The van der Waals surface area contributed by atoms with Gasteiger partial charge in [0.15, 0.2) is 11.5 Å². The highest BCUT2D eigenvalue weighted by molar-refractivity contribution is 5.98. The number of carboxylic acid groups (broad SMARTS) is 1. The number of benzene rings is 2. The molecule has 3 aliphatic heterocycles. The normalized spacial score (nSPS) is 20.7. The lowest BCUT2D eigenvalue weighted by molar-refractivity contribution is -0.870. The Morgan fingerprint density at radius 3 is 2.57 bits per heavy atom. The van der Waals surface area contributed by atoms with Crippen LogP contribution in [0, 0.1) is 5.92 Å². The molecule has 1 N–H and O–H groups in total. The molecular formula is C35H49N4O7+. The number of hydrogen-bond acceptors (Lipinski definition) is 7. The molecule has 0 saturated carbocycles. The van der Waals surface area contributed by atoms with Crippen molar-refractivity contribution in [3.8, 4) is 17.2 Å². The Hall–Kier alpha value is -3.83. The number of quaternary nitrogens is 1. The summed E-state index contributed by atoms with van der Waals surface area (Å²) in [5.41, 5.74) is 2.44. The first kappa shape index (κ1) is 33.5. The van der Waals surface area contributed by atoms with E-state index >= 15 is 0 Å². The zero-order chi connectivity index (χ0) is 33.0. The molecule has 3 atom stereocenters. The van der Waals surface area contributed by atoms with Gasteiger partial charge in [0, 0.05) is 56.7 Å². The summed E-state index contributed by atoms with van der Waals surface area (Å²) in [5.74, 6) is -0.666. The molecule has 11 heteroatoms. The van der Waals surface area contributed by atoms with Gasteiger partial charge in [-0.25, -0.2) is 0 Å². The lowest BCUT2D eigenvalue weighted by Crippen LogP contribution is -2.46. The van der Waals surface area contributed by atoms with Crippen LogP contribution in [0.15, 0.2) is 36.4 Å². The van der Waals surface area contributed by atoms with Crippen LogP contribution in [0.2, 0.25) is 0 Å². The quantitative estimate of drug-likeness (QED) is 0.295. The number of methoxy groups -OCH3 is 1. The highest BCUT2D eigenvalue weighted by Crippen LogP contribution is 2.47. The van der Waals surface area contributed by atoms with Crippen molar-refractivity contribution in [1.29, 1.82) is 0 Å². The number of carbonyl (C=O) groups excluding carboxylic acids is 2. The van der Waals surface area contributed by atoms with Crippen LogP contribution in [0.1, 0.15) is 60.0 Å². The highest BCUT2D eigenvalue weighted by Gasteiger charge is 2.48. The summed E-state index contributed by atoms with van der Waals surface area (Å²) in [5, 5.41) is 10.7. The molecule has 1 saturated heterocycles. The van der Waals surface area contributed by atoms with Gasteiger partial charge >= 0.3 is 5.97 Å². The van der Waals surface area contributed by atoms with Gasteiger partial charge in [-0.1, -0.05) is 31.5 Å². The minimum absolute atomic E-state index is 0.0116. The monoisotopic (exact) mass is 637 g/mol. The molecule has 46 heavy (non-hydrogen) atoms. The molecule has 0 radical (unpaired) electrons. The van der Waals surface area contributed by atoms with Crippen molar-refractivity contribution in [3.05, 3.63) is 53.1 Å². The maximum atomic E-state index is 14.0. The molecular weight excluding hydrogens is 588 g/mol. The summed E-state index contributed by atoms with van der Waals surface area (Å²) in [6.07, 6.45) is 3.21. The summed E-state index contributed by atoms with van der Waals surface area (Å²) >= 11 is 0. The SMILES string of the molecule is CCCCN(CCC[N+](C)(C)C)C(=O)CN1CC(c2cc(OC)c3c(c2)OCO3)C(C(=O)O)C1CCN1Cc2ccccc2C1=O. The van der Waals surface area contributed by atoms with Crippen molar-refractivity contribution >= 4 is 17.8 Å². The lowest BCUT2D eigenvalue weighted by atomic mass is 9.84. The average molecular weight is 638 g/mol. The van der Waals surface area contributed by atoms with Gasteiger partial charge in [0.1, 0.15) is 0 Å².